The summed E-state index contributed by atoms with van der Waals surface area (Å²) in [5.41, 5.74) is 2.63. The van der Waals surface area contributed by atoms with Gasteiger partial charge in [0.25, 0.3) is 0 Å². The van der Waals surface area contributed by atoms with Gasteiger partial charge in [0.2, 0.25) is 0 Å². The van der Waals surface area contributed by atoms with Crippen LogP contribution in [0.2, 0.25) is 0 Å². The van der Waals surface area contributed by atoms with E-state index in [9.17, 15) is 4.57 Å². The molecule has 1 aromatic rings. The van der Waals surface area contributed by atoms with Crippen molar-refractivity contribution in [3.05, 3.63) is 5.51 Å². The molecule has 0 spiro atoms. The van der Waals surface area contributed by atoms with Crippen LogP contribution in [0.15, 0.2) is 5.51 Å². The molecule has 2 aliphatic rings. The molecule has 13 heavy (non-hydrogen) atoms. The summed E-state index contributed by atoms with van der Waals surface area (Å²) in [4.78, 5) is 0. The van der Waals surface area contributed by atoms with Gasteiger partial charge in [-0.2, -0.15) is 0 Å². The number of hydrogen-bond acceptors (Lipinski definition) is 4. The van der Waals surface area contributed by atoms with Gasteiger partial charge in [-0.1, -0.05) is 11.3 Å². The van der Waals surface area contributed by atoms with Crippen molar-refractivity contribution in [3.63, 3.8) is 0 Å². The Morgan fingerprint density at radius 1 is 1.31 bits per heavy atom. The van der Waals surface area contributed by atoms with Crippen molar-refractivity contribution in [2.75, 3.05) is 0 Å². The quantitative estimate of drug-likeness (QED) is 0.721. The fourth-order valence-corrected chi connectivity index (χ4v) is 7.07. The smallest absolute Gasteiger partial charge is 0.177 e. The van der Waals surface area contributed by atoms with Crippen LogP contribution < -0.4 is 4.75 Å². The number of hydrogen-bond donors (Lipinski definition) is 0. The van der Waals surface area contributed by atoms with Crippen LogP contribution in [0, 0.1) is 0 Å². The number of nitrogens with zero attached hydrogens (tertiary/aromatic N) is 2. The van der Waals surface area contributed by atoms with Crippen LogP contribution in [-0.2, 0) is 4.57 Å². The second-order valence-electron chi connectivity index (χ2n) is 3.89. The van der Waals surface area contributed by atoms with E-state index in [4.69, 9.17) is 0 Å². The van der Waals surface area contributed by atoms with E-state index in [0.29, 0.717) is 11.3 Å². The first-order valence-electron chi connectivity index (χ1n) is 4.68. The maximum absolute atomic E-state index is 12.7. The summed E-state index contributed by atoms with van der Waals surface area (Å²) < 4.78 is 13.6. The van der Waals surface area contributed by atoms with Gasteiger partial charge in [-0.3, -0.25) is 0 Å². The molecule has 70 valence electrons. The van der Waals surface area contributed by atoms with Crippen molar-refractivity contribution in [1.82, 2.24) is 10.2 Å². The van der Waals surface area contributed by atoms with Gasteiger partial charge < -0.3 is 4.57 Å². The Bertz CT molecular complexity index is 340. The SMILES string of the molecule is O=P(c1nncs1)(C1CC1)C1CC1. The van der Waals surface area contributed by atoms with Gasteiger partial charge >= 0.3 is 0 Å². The van der Waals surface area contributed by atoms with Crippen LogP contribution in [0.5, 0.6) is 0 Å². The summed E-state index contributed by atoms with van der Waals surface area (Å²) in [6.45, 7) is 0. The highest BCUT2D eigenvalue weighted by atomic mass is 32.1. The largest absolute Gasteiger partial charge is 0.316 e. The lowest BCUT2D eigenvalue weighted by molar-refractivity contribution is 0.579. The van der Waals surface area contributed by atoms with Crippen molar-refractivity contribution in [2.24, 2.45) is 0 Å². The second-order valence-corrected chi connectivity index (χ2v) is 8.33. The van der Waals surface area contributed by atoms with E-state index in [-0.39, 0.29) is 0 Å². The molecule has 0 amide bonds. The average Bonchev–Trinajstić information content (AvgIpc) is 3.01. The van der Waals surface area contributed by atoms with Gasteiger partial charge in [-0.15, -0.1) is 10.2 Å². The Balaban J connectivity index is 2.03. The van der Waals surface area contributed by atoms with Crippen LogP contribution in [0.4, 0.5) is 0 Å². The zero-order valence-corrected chi connectivity index (χ0v) is 8.93. The van der Waals surface area contributed by atoms with Crippen LogP contribution in [0.3, 0.4) is 0 Å². The summed E-state index contributed by atoms with van der Waals surface area (Å²) in [6, 6.07) is 0. The topological polar surface area (TPSA) is 42.9 Å². The van der Waals surface area contributed by atoms with E-state index in [1.807, 2.05) is 0 Å². The first kappa shape index (κ1) is 8.13. The highest BCUT2D eigenvalue weighted by molar-refractivity contribution is 7.78. The Hall–Kier alpha value is -0.210. The maximum Gasteiger partial charge on any atom is 0.177 e. The van der Waals surface area contributed by atoms with E-state index in [1.54, 1.807) is 5.51 Å². The molecule has 0 bridgehead atoms. The third-order valence-corrected chi connectivity index (χ3v) is 8.38. The molecule has 0 saturated heterocycles. The normalized spacial score (nSPS) is 23.4. The summed E-state index contributed by atoms with van der Waals surface area (Å²) in [5.74, 6) is 0. The molecular formula is C8H11N2OPS. The van der Waals surface area contributed by atoms with E-state index in [2.05, 4.69) is 10.2 Å². The summed E-state index contributed by atoms with van der Waals surface area (Å²) in [5, 5.41) is 7.82. The second kappa shape index (κ2) is 2.64. The molecule has 0 unspecified atom stereocenters. The molecule has 2 fully saturated rings. The molecule has 0 N–H and O–H groups in total. The van der Waals surface area contributed by atoms with E-state index < -0.39 is 7.14 Å². The lowest BCUT2D eigenvalue weighted by Gasteiger charge is -2.12. The first-order valence-corrected chi connectivity index (χ1v) is 7.40. The fraction of sp³-hybridized carbons (Fsp3) is 0.750. The zero-order chi connectivity index (χ0) is 8.89. The highest BCUT2D eigenvalue weighted by Gasteiger charge is 2.53. The monoisotopic (exact) mass is 214 g/mol. The molecule has 0 atom stereocenters. The summed E-state index contributed by atoms with van der Waals surface area (Å²) >= 11 is 1.48. The van der Waals surface area contributed by atoms with Gasteiger partial charge in [0, 0.05) is 11.3 Å². The summed E-state index contributed by atoms with van der Waals surface area (Å²) in [6.07, 6.45) is 4.58. The molecule has 2 saturated carbocycles. The minimum Gasteiger partial charge on any atom is -0.316 e. The minimum absolute atomic E-state index is 0.466. The predicted molar refractivity (Wildman–Crippen MR) is 53.2 cm³/mol. The molecule has 3 nitrogen and oxygen atoms in total. The van der Waals surface area contributed by atoms with Gasteiger partial charge in [0.1, 0.15) is 5.51 Å². The van der Waals surface area contributed by atoms with Gasteiger partial charge in [0.05, 0.1) is 0 Å². The van der Waals surface area contributed by atoms with Crippen LogP contribution in [0.1, 0.15) is 25.7 Å². The van der Waals surface area contributed by atoms with Crippen molar-refractivity contribution >= 4 is 23.2 Å². The third kappa shape index (κ3) is 1.19. The van der Waals surface area contributed by atoms with E-state index in [0.717, 1.165) is 30.4 Å². The lowest BCUT2D eigenvalue weighted by Crippen LogP contribution is -2.11. The predicted octanol–water partition coefficient (Wildman–Crippen LogP) is 1.85. The Kier molecular flexibility index (Phi) is 1.65. The van der Waals surface area contributed by atoms with E-state index in [1.165, 1.54) is 11.3 Å². The van der Waals surface area contributed by atoms with Gasteiger partial charge in [0.15, 0.2) is 11.9 Å². The standard InChI is InChI=1S/C8H11N2OPS/c11-12(6-1-2-6,7-3-4-7)8-10-9-5-13-8/h5-7H,1-4H2. The first-order chi connectivity index (χ1) is 6.32. The maximum atomic E-state index is 12.7. The molecule has 2 aliphatic carbocycles. The molecule has 1 aromatic heterocycles. The van der Waals surface area contributed by atoms with Crippen LogP contribution >= 0.6 is 18.5 Å². The minimum atomic E-state index is -2.10. The van der Waals surface area contributed by atoms with Gasteiger partial charge in [-0.25, -0.2) is 0 Å². The average molecular weight is 214 g/mol. The van der Waals surface area contributed by atoms with Crippen molar-refractivity contribution < 1.29 is 4.57 Å². The number of aromatic nitrogens is 2. The van der Waals surface area contributed by atoms with Crippen molar-refractivity contribution in [3.8, 4) is 0 Å². The van der Waals surface area contributed by atoms with E-state index >= 15 is 0 Å². The Morgan fingerprint density at radius 2 is 1.92 bits per heavy atom. The molecule has 1 heterocycles. The van der Waals surface area contributed by atoms with Crippen molar-refractivity contribution in [1.29, 1.82) is 0 Å². The van der Waals surface area contributed by atoms with Crippen LogP contribution in [0.25, 0.3) is 0 Å². The Morgan fingerprint density at radius 3 is 2.31 bits per heavy atom. The molecule has 0 aliphatic heterocycles. The molecule has 5 heteroatoms. The molecule has 0 aromatic carbocycles. The zero-order valence-electron chi connectivity index (χ0n) is 7.22. The summed E-state index contributed by atoms with van der Waals surface area (Å²) in [7, 11) is -2.10. The molecule has 0 radical (unpaired) electrons. The molecule has 3 rings (SSSR count). The van der Waals surface area contributed by atoms with Crippen LogP contribution in [-0.4, -0.2) is 21.5 Å². The fourth-order valence-electron chi connectivity index (χ4n) is 1.85. The molecular weight excluding hydrogens is 203 g/mol. The highest BCUT2D eigenvalue weighted by Crippen LogP contribution is 2.69. The van der Waals surface area contributed by atoms with Gasteiger partial charge in [-0.05, 0) is 25.7 Å². The Labute approximate surface area is 80.9 Å². The van der Waals surface area contributed by atoms with Crippen molar-refractivity contribution in [2.45, 2.75) is 37.0 Å². The number of rotatable bonds is 3. The lowest BCUT2D eigenvalue weighted by atomic mass is 10.9. The third-order valence-electron chi connectivity index (χ3n) is 2.83.